The molecule has 2 amide bonds. The molecule has 4 heterocycles. The molecule has 2 aliphatic rings. The minimum Gasteiger partial charge on any atom is -0.344 e. The molecule has 0 bridgehead atoms. The minimum absolute atomic E-state index is 0.00397. The van der Waals surface area contributed by atoms with Crippen molar-refractivity contribution in [3.05, 3.63) is 46.4 Å². The molecular formula is C29H38N4O2S. The third-order valence-corrected chi connectivity index (χ3v) is 9.15. The average molecular weight is 507 g/mol. The monoisotopic (exact) mass is 506 g/mol. The van der Waals surface area contributed by atoms with Crippen LogP contribution >= 0.6 is 11.3 Å². The molecule has 1 aliphatic heterocycles. The molecule has 1 saturated carbocycles. The predicted octanol–water partition coefficient (Wildman–Crippen LogP) is 6.15. The van der Waals surface area contributed by atoms with Crippen LogP contribution in [0, 0.1) is 18.8 Å². The molecular weight excluding hydrogens is 468 g/mol. The zero-order valence-electron chi connectivity index (χ0n) is 21.7. The number of nitrogens with zero attached hydrogens (tertiary/aromatic N) is 3. The maximum absolute atomic E-state index is 14.0. The molecule has 192 valence electrons. The Labute approximate surface area is 218 Å². The summed E-state index contributed by atoms with van der Waals surface area (Å²) in [6, 6.07) is 7.95. The zero-order chi connectivity index (χ0) is 25.2. The van der Waals surface area contributed by atoms with Crippen LogP contribution in [-0.4, -0.2) is 38.7 Å². The topological polar surface area (TPSA) is 66.7 Å². The van der Waals surface area contributed by atoms with Gasteiger partial charge in [-0.3, -0.25) is 9.59 Å². The number of hydrogen-bond acceptors (Lipinski definition) is 4. The van der Waals surface area contributed by atoms with Gasteiger partial charge in [-0.2, -0.15) is 0 Å². The van der Waals surface area contributed by atoms with Gasteiger partial charge in [0, 0.05) is 29.6 Å². The summed E-state index contributed by atoms with van der Waals surface area (Å²) in [4.78, 5) is 34.0. The summed E-state index contributed by atoms with van der Waals surface area (Å²) in [5.41, 5.74) is 4.43. The Morgan fingerprint density at radius 3 is 2.75 bits per heavy atom. The largest absolute Gasteiger partial charge is 0.344 e. The Morgan fingerprint density at radius 2 is 1.97 bits per heavy atom. The van der Waals surface area contributed by atoms with Crippen LogP contribution in [0.3, 0.4) is 0 Å². The van der Waals surface area contributed by atoms with Crippen molar-refractivity contribution < 1.29 is 9.59 Å². The number of carbonyl (C=O) groups is 2. The SMILES string of the molecule is CC[C@@H](C)C(=O)N[C@H](C(=O)N1CCC[C@H]1c1nc(-c2c(C)cc3ccccn23)cs1)C1CCCCC1. The molecule has 1 aliphatic carbocycles. The lowest BCUT2D eigenvalue weighted by Gasteiger charge is -2.35. The Kier molecular flexibility index (Phi) is 7.47. The first-order valence-corrected chi connectivity index (χ1v) is 14.5. The number of carbonyl (C=O) groups excluding carboxylic acids is 2. The Balaban J connectivity index is 1.40. The van der Waals surface area contributed by atoms with Crippen LogP contribution in [0.25, 0.3) is 16.9 Å². The molecule has 0 spiro atoms. The number of nitrogens with one attached hydrogen (secondary N) is 1. The van der Waals surface area contributed by atoms with Gasteiger partial charge in [0.1, 0.15) is 11.0 Å². The standard InChI is InChI=1S/C29H38N4O2S/c1-4-19(2)27(34)31-25(21-11-6-5-7-12-21)29(35)33-16-10-14-24(33)28-30-23(18-36-28)26-20(3)17-22-13-8-9-15-32(22)26/h8-9,13,15,17-19,21,24-25H,4-7,10-12,14,16H2,1-3H3,(H,31,34)/t19-,24+,25+/m1/s1. The molecule has 1 saturated heterocycles. The molecule has 3 aromatic heterocycles. The molecule has 0 aromatic carbocycles. The van der Waals surface area contributed by atoms with Crippen molar-refractivity contribution in [1.29, 1.82) is 0 Å². The van der Waals surface area contributed by atoms with Gasteiger partial charge in [0.2, 0.25) is 11.8 Å². The molecule has 3 aromatic rings. The third kappa shape index (κ3) is 4.82. The zero-order valence-corrected chi connectivity index (χ0v) is 22.5. The van der Waals surface area contributed by atoms with Gasteiger partial charge in [-0.15, -0.1) is 11.3 Å². The fourth-order valence-electron chi connectivity index (χ4n) is 5.93. The number of amides is 2. The highest BCUT2D eigenvalue weighted by molar-refractivity contribution is 7.10. The first-order valence-electron chi connectivity index (χ1n) is 13.6. The highest BCUT2D eigenvalue weighted by Crippen LogP contribution is 2.38. The molecule has 6 nitrogen and oxygen atoms in total. The van der Waals surface area contributed by atoms with Gasteiger partial charge in [0.05, 0.1) is 17.4 Å². The average Bonchev–Trinajstić information content (AvgIpc) is 3.64. The summed E-state index contributed by atoms with van der Waals surface area (Å²) < 4.78 is 2.19. The maximum atomic E-state index is 14.0. The normalized spacial score (nSPS) is 20.5. The van der Waals surface area contributed by atoms with Crippen molar-refractivity contribution in [3.8, 4) is 11.4 Å². The highest BCUT2D eigenvalue weighted by Gasteiger charge is 2.40. The van der Waals surface area contributed by atoms with Gasteiger partial charge >= 0.3 is 0 Å². The van der Waals surface area contributed by atoms with Crippen molar-refractivity contribution in [2.45, 2.75) is 84.2 Å². The molecule has 3 atom stereocenters. The maximum Gasteiger partial charge on any atom is 0.246 e. The molecule has 1 N–H and O–H groups in total. The minimum atomic E-state index is -0.427. The van der Waals surface area contributed by atoms with Crippen LogP contribution in [0.4, 0.5) is 0 Å². The van der Waals surface area contributed by atoms with Crippen molar-refractivity contribution in [3.63, 3.8) is 0 Å². The number of pyridine rings is 1. The van der Waals surface area contributed by atoms with E-state index in [1.54, 1.807) is 11.3 Å². The van der Waals surface area contributed by atoms with Crippen LogP contribution in [0.15, 0.2) is 35.8 Å². The van der Waals surface area contributed by atoms with Crippen LogP contribution in [0.5, 0.6) is 0 Å². The molecule has 0 unspecified atom stereocenters. The number of aromatic nitrogens is 2. The number of thiazole rings is 1. The van der Waals surface area contributed by atoms with E-state index < -0.39 is 6.04 Å². The number of rotatable bonds is 7. The lowest BCUT2D eigenvalue weighted by Crippen LogP contribution is -2.53. The summed E-state index contributed by atoms with van der Waals surface area (Å²) in [6.45, 7) is 6.82. The van der Waals surface area contributed by atoms with E-state index in [1.165, 1.54) is 12.0 Å². The van der Waals surface area contributed by atoms with Crippen LogP contribution in [0.2, 0.25) is 0 Å². The van der Waals surface area contributed by atoms with Crippen molar-refractivity contribution in [2.75, 3.05) is 6.54 Å². The lowest BCUT2D eigenvalue weighted by atomic mass is 9.83. The molecule has 5 rings (SSSR count). The van der Waals surface area contributed by atoms with E-state index in [-0.39, 0.29) is 29.7 Å². The second kappa shape index (κ2) is 10.8. The van der Waals surface area contributed by atoms with Crippen LogP contribution in [0.1, 0.15) is 81.8 Å². The van der Waals surface area contributed by atoms with Gasteiger partial charge < -0.3 is 14.6 Å². The highest BCUT2D eigenvalue weighted by atomic mass is 32.1. The number of hydrogen-bond donors (Lipinski definition) is 1. The Morgan fingerprint density at radius 1 is 1.17 bits per heavy atom. The second-order valence-electron chi connectivity index (χ2n) is 10.6. The lowest BCUT2D eigenvalue weighted by molar-refractivity contribution is -0.140. The number of fused-ring (bicyclic) bond motifs is 1. The van der Waals surface area contributed by atoms with Gasteiger partial charge in [-0.1, -0.05) is 39.2 Å². The van der Waals surface area contributed by atoms with Gasteiger partial charge in [-0.25, -0.2) is 4.98 Å². The quantitative estimate of drug-likeness (QED) is 0.418. The summed E-state index contributed by atoms with van der Waals surface area (Å²) in [6.07, 6.45) is 10.3. The summed E-state index contributed by atoms with van der Waals surface area (Å²) in [7, 11) is 0. The van der Waals surface area contributed by atoms with Crippen molar-refractivity contribution in [1.82, 2.24) is 19.6 Å². The molecule has 7 heteroatoms. The predicted molar refractivity (Wildman–Crippen MR) is 145 cm³/mol. The Hall–Kier alpha value is -2.67. The van der Waals surface area contributed by atoms with E-state index in [1.807, 2.05) is 24.8 Å². The van der Waals surface area contributed by atoms with Gasteiger partial charge in [0.15, 0.2) is 0 Å². The smallest absolute Gasteiger partial charge is 0.246 e. The summed E-state index contributed by atoms with van der Waals surface area (Å²) in [5.74, 6) is 0.230. The van der Waals surface area contributed by atoms with E-state index in [4.69, 9.17) is 4.98 Å². The fraction of sp³-hybridized carbons (Fsp3) is 0.552. The first kappa shape index (κ1) is 25.0. The van der Waals surface area contributed by atoms with E-state index in [9.17, 15) is 9.59 Å². The Bertz CT molecular complexity index is 1230. The van der Waals surface area contributed by atoms with Crippen LogP contribution < -0.4 is 5.32 Å². The third-order valence-electron chi connectivity index (χ3n) is 8.20. The second-order valence-corrected chi connectivity index (χ2v) is 11.5. The summed E-state index contributed by atoms with van der Waals surface area (Å²) in [5, 5.41) is 6.31. The summed E-state index contributed by atoms with van der Waals surface area (Å²) >= 11 is 1.65. The van der Waals surface area contributed by atoms with E-state index in [0.29, 0.717) is 0 Å². The molecule has 36 heavy (non-hydrogen) atoms. The molecule has 2 fully saturated rings. The molecule has 0 radical (unpaired) electrons. The van der Waals surface area contributed by atoms with Gasteiger partial charge in [0.25, 0.3) is 0 Å². The van der Waals surface area contributed by atoms with Crippen molar-refractivity contribution in [2.24, 2.45) is 11.8 Å². The van der Waals surface area contributed by atoms with Crippen LogP contribution in [-0.2, 0) is 9.59 Å². The fourth-order valence-corrected chi connectivity index (χ4v) is 6.88. The first-order chi connectivity index (χ1) is 17.5. The number of aryl methyl sites for hydroxylation is 1. The van der Waals surface area contributed by atoms with Gasteiger partial charge in [-0.05, 0) is 68.7 Å². The van der Waals surface area contributed by atoms with E-state index in [0.717, 1.165) is 73.4 Å². The van der Waals surface area contributed by atoms with Crippen molar-refractivity contribution >= 4 is 28.7 Å². The van der Waals surface area contributed by atoms with E-state index >= 15 is 0 Å². The van der Waals surface area contributed by atoms with E-state index in [2.05, 4.69) is 46.4 Å². The number of likely N-dealkylation sites (tertiary alicyclic amines) is 1.